The molecule has 0 fully saturated rings. The molecule has 6 N–H and O–H groups in total. The van der Waals surface area contributed by atoms with Gasteiger partial charge in [0.15, 0.2) is 0 Å². The molecule has 10 heteroatoms. The lowest BCUT2D eigenvalue weighted by molar-refractivity contribution is -0.131. The number of ether oxygens (including phenoxy) is 1. The Morgan fingerprint density at radius 1 is 0.907 bits per heavy atom. The fourth-order valence-corrected chi connectivity index (χ4v) is 4.46. The van der Waals surface area contributed by atoms with E-state index in [2.05, 4.69) is 22.9 Å². The molecule has 0 aliphatic heterocycles. The smallest absolute Gasteiger partial charge is 0.408 e. The molecule has 0 saturated carbocycles. The SMILES string of the molecule is CCCCCCCC(C)(O)/C=C/C(NC(=O)OCCCC)C(=O)N[C@@H](Cc1ccccc1)C(=O)NC(CC(C)C)C(N)=O. The number of carbonyl (C=O) groups is 4. The molecule has 0 aromatic heterocycles. The lowest BCUT2D eigenvalue weighted by Crippen LogP contribution is -2.57. The fourth-order valence-electron chi connectivity index (χ4n) is 4.46. The van der Waals surface area contributed by atoms with E-state index < -0.39 is 47.5 Å². The third kappa shape index (κ3) is 16.7. The molecule has 0 saturated heterocycles. The molecule has 0 heterocycles. The first-order valence-corrected chi connectivity index (χ1v) is 15.7. The molecule has 4 atom stereocenters. The van der Waals surface area contributed by atoms with E-state index in [0.29, 0.717) is 19.3 Å². The summed E-state index contributed by atoms with van der Waals surface area (Å²) in [6.45, 7) is 9.77. The van der Waals surface area contributed by atoms with Crippen LogP contribution in [0.2, 0.25) is 0 Å². The highest BCUT2D eigenvalue weighted by molar-refractivity contribution is 5.94. The monoisotopic (exact) mass is 602 g/mol. The highest BCUT2D eigenvalue weighted by Crippen LogP contribution is 2.18. The van der Waals surface area contributed by atoms with Crippen LogP contribution in [-0.2, 0) is 25.5 Å². The number of hydrogen-bond acceptors (Lipinski definition) is 6. The van der Waals surface area contributed by atoms with Gasteiger partial charge in [-0.2, -0.15) is 0 Å². The Morgan fingerprint density at radius 3 is 2.14 bits per heavy atom. The van der Waals surface area contributed by atoms with Gasteiger partial charge in [0.05, 0.1) is 12.2 Å². The van der Waals surface area contributed by atoms with Gasteiger partial charge in [0.1, 0.15) is 18.1 Å². The van der Waals surface area contributed by atoms with Gasteiger partial charge in [-0.05, 0) is 37.7 Å². The van der Waals surface area contributed by atoms with Crippen LogP contribution in [0, 0.1) is 5.92 Å². The topological polar surface area (TPSA) is 160 Å². The first kappa shape index (κ1) is 37.6. The van der Waals surface area contributed by atoms with Crippen LogP contribution in [0.25, 0.3) is 0 Å². The van der Waals surface area contributed by atoms with Gasteiger partial charge >= 0.3 is 6.09 Å². The molecular formula is C33H54N4O6. The van der Waals surface area contributed by atoms with Crippen LogP contribution in [0.3, 0.4) is 0 Å². The number of alkyl carbamates (subject to hydrolysis) is 1. The van der Waals surface area contributed by atoms with Crippen molar-refractivity contribution in [3.05, 3.63) is 48.0 Å². The minimum atomic E-state index is -1.23. The standard InChI is InChI=1S/C33H54N4O6/c1-6-8-10-11-15-19-33(5,42)20-18-26(37-32(41)43-21-9-7-2)30(39)36-28(23-25-16-13-12-14-17-25)31(40)35-27(29(34)38)22-24(3)4/h12-14,16-18,20,24,26-28,42H,6-11,15,19,21-23H2,1-5H3,(H2,34,38)(H,35,40)(H,36,39)(H,37,41)/b20-18+/t26?,27?,28-,33?/m0/s1. The van der Waals surface area contributed by atoms with E-state index in [0.717, 1.165) is 44.1 Å². The van der Waals surface area contributed by atoms with Crippen LogP contribution in [0.1, 0.15) is 98.0 Å². The number of primary amides is 1. The van der Waals surface area contributed by atoms with Crippen molar-refractivity contribution in [1.82, 2.24) is 16.0 Å². The van der Waals surface area contributed by atoms with Crippen LogP contribution in [0.15, 0.2) is 42.5 Å². The van der Waals surface area contributed by atoms with E-state index in [1.807, 2.05) is 51.1 Å². The van der Waals surface area contributed by atoms with Crippen LogP contribution in [-0.4, -0.2) is 59.3 Å². The summed E-state index contributed by atoms with van der Waals surface area (Å²) in [6, 6.07) is 5.92. The van der Waals surface area contributed by atoms with E-state index in [1.165, 1.54) is 12.2 Å². The van der Waals surface area contributed by atoms with E-state index in [-0.39, 0.29) is 18.9 Å². The van der Waals surface area contributed by atoms with Crippen molar-refractivity contribution in [2.45, 2.75) is 123 Å². The first-order chi connectivity index (χ1) is 20.4. The first-order valence-electron chi connectivity index (χ1n) is 15.7. The molecule has 1 rings (SSSR count). The summed E-state index contributed by atoms with van der Waals surface area (Å²) in [6.07, 6.45) is 9.77. The maximum atomic E-state index is 13.6. The zero-order chi connectivity index (χ0) is 32.3. The molecule has 0 bridgehead atoms. The molecule has 43 heavy (non-hydrogen) atoms. The molecule has 0 radical (unpaired) electrons. The second-order valence-electron chi connectivity index (χ2n) is 11.8. The Kier molecular flexibility index (Phi) is 17.9. The Labute approximate surface area is 257 Å². The van der Waals surface area contributed by atoms with Crippen molar-refractivity contribution in [2.24, 2.45) is 11.7 Å². The number of aliphatic hydroxyl groups is 1. The summed E-state index contributed by atoms with van der Waals surface area (Å²) in [5.74, 6) is -1.81. The summed E-state index contributed by atoms with van der Waals surface area (Å²) >= 11 is 0. The fraction of sp³-hybridized carbons (Fsp3) is 0.636. The molecular weight excluding hydrogens is 548 g/mol. The number of amides is 4. The Bertz CT molecular complexity index is 1010. The zero-order valence-corrected chi connectivity index (χ0v) is 26.7. The average Bonchev–Trinajstić information content (AvgIpc) is 2.94. The summed E-state index contributed by atoms with van der Waals surface area (Å²) in [4.78, 5) is 51.5. The normalized spacial score (nSPS) is 14.9. The molecule has 1 aromatic rings. The summed E-state index contributed by atoms with van der Waals surface area (Å²) < 4.78 is 5.20. The van der Waals surface area contributed by atoms with Crippen molar-refractivity contribution >= 4 is 23.8 Å². The quantitative estimate of drug-likeness (QED) is 0.104. The van der Waals surface area contributed by atoms with Crippen LogP contribution < -0.4 is 21.7 Å². The Balaban J connectivity index is 3.18. The minimum Gasteiger partial charge on any atom is -0.450 e. The minimum absolute atomic E-state index is 0.0943. The maximum Gasteiger partial charge on any atom is 0.408 e. The number of nitrogens with two attached hydrogens (primary N) is 1. The largest absolute Gasteiger partial charge is 0.450 e. The highest BCUT2D eigenvalue weighted by Gasteiger charge is 2.29. The van der Waals surface area contributed by atoms with E-state index >= 15 is 0 Å². The molecule has 1 aromatic carbocycles. The van der Waals surface area contributed by atoms with Gasteiger partial charge in [-0.1, -0.05) is 109 Å². The van der Waals surface area contributed by atoms with Crippen molar-refractivity contribution in [2.75, 3.05) is 6.61 Å². The molecule has 0 spiro atoms. The predicted molar refractivity (Wildman–Crippen MR) is 169 cm³/mol. The Hall–Kier alpha value is -3.40. The number of carbonyl (C=O) groups excluding carboxylic acids is 4. The van der Waals surface area contributed by atoms with Gasteiger partial charge in [-0.15, -0.1) is 0 Å². The van der Waals surface area contributed by atoms with Crippen LogP contribution in [0.4, 0.5) is 4.79 Å². The van der Waals surface area contributed by atoms with Gasteiger partial charge in [0.2, 0.25) is 17.7 Å². The molecule has 242 valence electrons. The summed E-state index contributed by atoms with van der Waals surface area (Å²) in [5, 5.41) is 18.9. The number of hydrogen-bond donors (Lipinski definition) is 5. The van der Waals surface area contributed by atoms with Crippen molar-refractivity contribution in [3.63, 3.8) is 0 Å². The second-order valence-corrected chi connectivity index (χ2v) is 11.8. The summed E-state index contributed by atoms with van der Waals surface area (Å²) in [7, 11) is 0. The molecule has 4 amide bonds. The lowest BCUT2D eigenvalue weighted by atomic mass is 9.96. The van der Waals surface area contributed by atoms with Gasteiger partial charge in [-0.3, -0.25) is 14.4 Å². The van der Waals surface area contributed by atoms with E-state index in [4.69, 9.17) is 10.5 Å². The molecule has 3 unspecified atom stereocenters. The van der Waals surface area contributed by atoms with Crippen molar-refractivity contribution in [3.8, 4) is 0 Å². The van der Waals surface area contributed by atoms with Crippen molar-refractivity contribution in [1.29, 1.82) is 0 Å². The van der Waals surface area contributed by atoms with Gasteiger partial charge < -0.3 is 31.5 Å². The van der Waals surface area contributed by atoms with Crippen LogP contribution >= 0.6 is 0 Å². The summed E-state index contributed by atoms with van der Waals surface area (Å²) in [5.41, 5.74) is 5.13. The Morgan fingerprint density at radius 2 is 1.53 bits per heavy atom. The molecule has 0 aliphatic carbocycles. The van der Waals surface area contributed by atoms with Gasteiger partial charge in [-0.25, -0.2) is 4.79 Å². The number of benzene rings is 1. The lowest BCUT2D eigenvalue weighted by Gasteiger charge is -2.25. The molecule has 0 aliphatic rings. The average molecular weight is 603 g/mol. The van der Waals surface area contributed by atoms with Gasteiger partial charge in [0, 0.05) is 6.42 Å². The highest BCUT2D eigenvalue weighted by atomic mass is 16.5. The zero-order valence-electron chi connectivity index (χ0n) is 26.7. The maximum absolute atomic E-state index is 13.6. The van der Waals surface area contributed by atoms with Gasteiger partial charge in [0.25, 0.3) is 0 Å². The van der Waals surface area contributed by atoms with Crippen LogP contribution in [0.5, 0.6) is 0 Å². The third-order valence-corrected chi connectivity index (χ3v) is 7.00. The van der Waals surface area contributed by atoms with E-state index in [1.54, 1.807) is 6.92 Å². The number of unbranched alkanes of at least 4 members (excludes halogenated alkanes) is 5. The number of nitrogens with one attached hydrogen (secondary N) is 3. The predicted octanol–water partition coefficient (Wildman–Crippen LogP) is 4.29. The number of rotatable bonds is 21. The van der Waals surface area contributed by atoms with E-state index in [9.17, 15) is 24.3 Å². The van der Waals surface area contributed by atoms with Crippen molar-refractivity contribution < 1.29 is 29.0 Å². The second kappa shape index (κ2) is 20.5. The molecule has 10 nitrogen and oxygen atoms in total. The third-order valence-electron chi connectivity index (χ3n) is 7.00.